The van der Waals surface area contributed by atoms with E-state index >= 15 is 0 Å². The van der Waals surface area contributed by atoms with Crippen LogP contribution in [0.25, 0.3) is 11.3 Å². The van der Waals surface area contributed by atoms with Crippen molar-refractivity contribution in [3.63, 3.8) is 0 Å². The number of aromatic nitrogens is 3. The minimum absolute atomic E-state index is 0.434. The zero-order valence-corrected chi connectivity index (χ0v) is 20.4. The molecule has 2 aromatic heterocycles. The molecule has 1 aromatic carbocycles. The first-order valence-electron chi connectivity index (χ1n) is 12.9. The summed E-state index contributed by atoms with van der Waals surface area (Å²) < 4.78 is 5.54. The van der Waals surface area contributed by atoms with E-state index in [1.807, 2.05) is 42.5 Å². The van der Waals surface area contributed by atoms with E-state index in [0.717, 1.165) is 54.2 Å². The monoisotopic (exact) mass is 484 g/mol. The van der Waals surface area contributed by atoms with Gasteiger partial charge < -0.3 is 25.4 Å². The Morgan fingerprint density at radius 3 is 2.64 bits per heavy atom. The van der Waals surface area contributed by atoms with Crippen LogP contribution in [0.5, 0.6) is 0 Å². The average Bonchev–Trinajstić information content (AvgIpc) is 3.27. The highest BCUT2D eigenvalue weighted by Gasteiger charge is 2.28. The van der Waals surface area contributed by atoms with Crippen LogP contribution >= 0.6 is 0 Å². The van der Waals surface area contributed by atoms with Crippen molar-refractivity contribution in [3.8, 4) is 11.3 Å². The molecule has 3 aliphatic rings. The van der Waals surface area contributed by atoms with Crippen LogP contribution < -0.4 is 16.0 Å². The Labute approximate surface area is 211 Å². The lowest BCUT2D eigenvalue weighted by atomic mass is 10.1. The number of likely N-dealkylation sites (tertiary alicyclic amines) is 1. The first-order valence-corrected chi connectivity index (χ1v) is 12.9. The van der Waals surface area contributed by atoms with E-state index in [1.165, 1.54) is 44.3 Å². The van der Waals surface area contributed by atoms with Crippen LogP contribution in [-0.2, 0) is 6.54 Å². The molecule has 3 aromatic rings. The van der Waals surface area contributed by atoms with Gasteiger partial charge in [0.05, 0.1) is 13.1 Å². The summed E-state index contributed by atoms with van der Waals surface area (Å²) in [5.74, 6) is 4.32. The van der Waals surface area contributed by atoms with Crippen molar-refractivity contribution in [2.24, 2.45) is 10.9 Å². The van der Waals surface area contributed by atoms with Crippen molar-refractivity contribution in [1.29, 1.82) is 0 Å². The highest BCUT2D eigenvalue weighted by molar-refractivity contribution is 6.05. The number of hydrogen-bond donors (Lipinski definition) is 3. The van der Waals surface area contributed by atoms with Gasteiger partial charge in [-0.3, -0.25) is 4.99 Å². The van der Waals surface area contributed by atoms with E-state index in [9.17, 15) is 0 Å². The molecule has 36 heavy (non-hydrogen) atoms. The molecule has 0 radical (unpaired) electrons. The quantitative estimate of drug-likeness (QED) is 0.389. The fourth-order valence-corrected chi connectivity index (χ4v) is 4.69. The molecule has 1 aliphatic carbocycles. The van der Waals surface area contributed by atoms with Gasteiger partial charge in [0, 0.05) is 30.8 Å². The zero-order chi connectivity index (χ0) is 24.2. The summed E-state index contributed by atoms with van der Waals surface area (Å²) in [5.41, 5.74) is 3.26. The largest absolute Gasteiger partial charge is 0.369 e. The van der Waals surface area contributed by atoms with Gasteiger partial charge in [-0.1, -0.05) is 35.5 Å². The highest BCUT2D eigenvalue weighted by atomic mass is 16.5. The van der Waals surface area contributed by atoms with E-state index in [0.29, 0.717) is 18.3 Å². The molecule has 0 atom stereocenters. The molecule has 0 amide bonds. The summed E-state index contributed by atoms with van der Waals surface area (Å²) in [6.45, 7) is 5.44. The molecule has 1 saturated heterocycles. The summed E-state index contributed by atoms with van der Waals surface area (Å²) in [6.07, 6.45) is 7.33. The number of nitrogens with one attached hydrogen (secondary N) is 3. The third-order valence-electron chi connectivity index (χ3n) is 6.82. The predicted octanol–water partition coefficient (Wildman–Crippen LogP) is 4.41. The molecular formula is C27H32N8O. The summed E-state index contributed by atoms with van der Waals surface area (Å²) in [4.78, 5) is 16.5. The van der Waals surface area contributed by atoms with Gasteiger partial charge >= 0.3 is 0 Å². The van der Waals surface area contributed by atoms with Crippen LogP contribution in [0.15, 0.2) is 63.6 Å². The minimum atomic E-state index is 0.434. The molecule has 0 spiro atoms. The van der Waals surface area contributed by atoms with Crippen molar-refractivity contribution in [2.45, 2.75) is 32.2 Å². The molecule has 0 unspecified atom stereocenters. The first kappa shape index (κ1) is 22.7. The van der Waals surface area contributed by atoms with Crippen molar-refractivity contribution < 1.29 is 4.52 Å². The van der Waals surface area contributed by atoms with Crippen LogP contribution in [-0.4, -0.2) is 58.6 Å². The fourth-order valence-electron chi connectivity index (χ4n) is 4.69. The standard InChI is InChI=1S/C27H32N8O/c1-2-6-20(7-3-1)23-15-22(36-34-23)18-30-27-32-25(28-10-13-35-11-4-5-12-35)16-26(33-27)31-24-14-21(17-29-24)19-8-9-19/h1-3,6-7,14-16,19H,4-5,8-13,17-18H2,(H3,28,29,30,31,32,33). The smallest absolute Gasteiger partial charge is 0.227 e. The van der Waals surface area contributed by atoms with E-state index in [1.54, 1.807) is 0 Å². The Hall–Kier alpha value is -3.72. The molecule has 2 fully saturated rings. The number of anilines is 3. The molecule has 3 N–H and O–H groups in total. The number of amidine groups is 1. The van der Waals surface area contributed by atoms with Crippen LogP contribution in [0.3, 0.4) is 0 Å². The predicted molar refractivity (Wildman–Crippen MR) is 142 cm³/mol. The zero-order valence-electron chi connectivity index (χ0n) is 20.4. The Morgan fingerprint density at radius 1 is 0.972 bits per heavy atom. The maximum Gasteiger partial charge on any atom is 0.227 e. The Morgan fingerprint density at radius 2 is 1.81 bits per heavy atom. The molecule has 1 saturated carbocycles. The molecule has 6 rings (SSSR count). The summed E-state index contributed by atoms with van der Waals surface area (Å²) >= 11 is 0. The third-order valence-corrected chi connectivity index (χ3v) is 6.82. The van der Waals surface area contributed by atoms with Crippen LogP contribution in [0.1, 0.15) is 31.4 Å². The van der Waals surface area contributed by atoms with E-state index in [2.05, 4.69) is 37.1 Å². The number of hydrogen-bond acceptors (Lipinski definition) is 9. The first-order chi connectivity index (χ1) is 17.8. The van der Waals surface area contributed by atoms with Crippen molar-refractivity contribution >= 4 is 23.4 Å². The second kappa shape index (κ2) is 10.5. The van der Waals surface area contributed by atoms with Gasteiger partial charge in [-0.25, -0.2) is 0 Å². The number of rotatable bonds is 10. The molecule has 186 valence electrons. The Bertz CT molecular complexity index is 1240. The SMILES string of the molecule is C1=C(C2CC2)CN=C1Nc1cc(NCCN2CCCC2)nc(NCc2cc(-c3ccccc3)no2)n1. The van der Waals surface area contributed by atoms with E-state index in [4.69, 9.17) is 14.5 Å². The van der Waals surface area contributed by atoms with Gasteiger partial charge in [0.15, 0.2) is 5.76 Å². The second-order valence-electron chi connectivity index (χ2n) is 9.66. The van der Waals surface area contributed by atoms with Gasteiger partial charge in [0.25, 0.3) is 0 Å². The highest BCUT2D eigenvalue weighted by Crippen LogP contribution is 2.37. The van der Waals surface area contributed by atoms with Crippen LogP contribution in [0.4, 0.5) is 17.6 Å². The molecule has 2 aliphatic heterocycles. The molecule has 9 heteroatoms. The van der Waals surface area contributed by atoms with Crippen molar-refractivity contribution in [1.82, 2.24) is 20.0 Å². The lowest BCUT2D eigenvalue weighted by molar-refractivity contribution is 0.352. The molecule has 0 bridgehead atoms. The number of aliphatic imine (C=N–C) groups is 1. The Balaban J connectivity index is 1.14. The van der Waals surface area contributed by atoms with Gasteiger partial charge in [-0.15, -0.1) is 0 Å². The van der Waals surface area contributed by atoms with Crippen LogP contribution in [0.2, 0.25) is 0 Å². The van der Waals surface area contributed by atoms with Gasteiger partial charge in [0.1, 0.15) is 23.2 Å². The molecular weight excluding hydrogens is 452 g/mol. The minimum Gasteiger partial charge on any atom is -0.369 e. The average molecular weight is 485 g/mol. The lowest BCUT2D eigenvalue weighted by Gasteiger charge is -2.16. The maximum atomic E-state index is 5.54. The fraction of sp³-hybridized carbons (Fsp3) is 0.407. The normalized spacial score (nSPS) is 17.7. The van der Waals surface area contributed by atoms with Crippen molar-refractivity contribution in [2.75, 3.05) is 48.7 Å². The second-order valence-corrected chi connectivity index (χ2v) is 9.66. The molecule has 4 heterocycles. The van der Waals surface area contributed by atoms with Gasteiger partial charge in [0.2, 0.25) is 5.95 Å². The number of benzene rings is 1. The lowest BCUT2D eigenvalue weighted by Crippen LogP contribution is -2.26. The Kier molecular flexibility index (Phi) is 6.62. The number of nitrogens with zero attached hydrogens (tertiary/aromatic N) is 5. The topological polar surface area (TPSA) is 104 Å². The van der Waals surface area contributed by atoms with E-state index < -0.39 is 0 Å². The summed E-state index contributed by atoms with van der Waals surface area (Å²) in [5, 5.41) is 14.4. The third kappa shape index (κ3) is 5.73. The van der Waals surface area contributed by atoms with Gasteiger partial charge in [-0.2, -0.15) is 9.97 Å². The van der Waals surface area contributed by atoms with E-state index in [-0.39, 0.29) is 0 Å². The maximum absolute atomic E-state index is 5.54. The molecule has 9 nitrogen and oxygen atoms in total. The van der Waals surface area contributed by atoms with Gasteiger partial charge in [-0.05, 0) is 56.3 Å². The summed E-state index contributed by atoms with van der Waals surface area (Å²) in [6, 6.07) is 13.9. The van der Waals surface area contributed by atoms with Crippen molar-refractivity contribution in [3.05, 3.63) is 59.9 Å². The van der Waals surface area contributed by atoms with Crippen LogP contribution in [0, 0.1) is 5.92 Å². The summed E-state index contributed by atoms with van der Waals surface area (Å²) in [7, 11) is 0.